The molecule has 0 amide bonds. The van der Waals surface area contributed by atoms with Gasteiger partial charge in [-0.05, 0) is 36.5 Å². The Morgan fingerprint density at radius 1 is 1.21 bits per heavy atom. The SMILES string of the molecule is CCCCc1c(CC)cccc1OC. The van der Waals surface area contributed by atoms with Crippen molar-refractivity contribution in [2.24, 2.45) is 0 Å². The van der Waals surface area contributed by atoms with Crippen LogP contribution in [0.25, 0.3) is 0 Å². The lowest BCUT2D eigenvalue weighted by Gasteiger charge is -2.12. The summed E-state index contributed by atoms with van der Waals surface area (Å²) >= 11 is 0. The second kappa shape index (κ2) is 5.69. The summed E-state index contributed by atoms with van der Waals surface area (Å²) in [5.74, 6) is 1.05. The van der Waals surface area contributed by atoms with E-state index >= 15 is 0 Å². The van der Waals surface area contributed by atoms with E-state index in [4.69, 9.17) is 4.74 Å². The van der Waals surface area contributed by atoms with Crippen molar-refractivity contribution in [2.45, 2.75) is 39.5 Å². The zero-order valence-electron chi connectivity index (χ0n) is 9.47. The van der Waals surface area contributed by atoms with E-state index in [0.29, 0.717) is 0 Å². The monoisotopic (exact) mass is 192 g/mol. The highest BCUT2D eigenvalue weighted by Gasteiger charge is 2.06. The summed E-state index contributed by atoms with van der Waals surface area (Å²) in [6, 6.07) is 6.34. The van der Waals surface area contributed by atoms with Crippen LogP contribution >= 0.6 is 0 Å². The highest BCUT2D eigenvalue weighted by Crippen LogP contribution is 2.24. The zero-order chi connectivity index (χ0) is 10.4. The summed E-state index contributed by atoms with van der Waals surface area (Å²) in [6.07, 6.45) is 4.72. The van der Waals surface area contributed by atoms with Gasteiger partial charge in [0, 0.05) is 0 Å². The number of unbranched alkanes of at least 4 members (excludes halogenated alkanes) is 1. The Labute approximate surface area is 87.1 Å². The first-order valence-electron chi connectivity index (χ1n) is 5.48. The molecule has 0 atom stereocenters. The fourth-order valence-electron chi connectivity index (χ4n) is 1.77. The zero-order valence-corrected chi connectivity index (χ0v) is 9.47. The second-order valence-electron chi connectivity index (χ2n) is 3.56. The Balaban J connectivity index is 2.93. The summed E-state index contributed by atoms with van der Waals surface area (Å²) in [4.78, 5) is 0. The van der Waals surface area contributed by atoms with Gasteiger partial charge in [0.2, 0.25) is 0 Å². The molecular formula is C13H20O. The van der Waals surface area contributed by atoms with Crippen LogP contribution in [-0.4, -0.2) is 7.11 Å². The third kappa shape index (κ3) is 2.50. The van der Waals surface area contributed by atoms with E-state index in [1.165, 1.54) is 24.0 Å². The molecule has 0 N–H and O–H groups in total. The predicted octanol–water partition coefficient (Wildman–Crippen LogP) is 3.60. The highest BCUT2D eigenvalue weighted by molar-refractivity contribution is 5.40. The summed E-state index contributed by atoms with van der Waals surface area (Å²) in [5.41, 5.74) is 2.83. The lowest BCUT2D eigenvalue weighted by atomic mass is 9.99. The van der Waals surface area contributed by atoms with E-state index in [2.05, 4.69) is 32.0 Å². The fraction of sp³-hybridized carbons (Fsp3) is 0.538. The minimum atomic E-state index is 1.05. The maximum absolute atomic E-state index is 5.38. The van der Waals surface area contributed by atoms with E-state index in [9.17, 15) is 0 Å². The summed E-state index contributed by atoms with van der Waals surface area (Å²) in [5, 5.41) is 0. The molecule has 0 unspecified atom stereocenters. The van der Waals surface area contributed by atoms with Gasteiger partial charge in [0.25, 0.3) is 0 Å². The fourth-order valence-corrected chi connectivity index (χ4v) is 1.77. The molecule has 0 aliphatic heterocycles. The Kier molecular flexibility index (Phi) is 4.51. The molecule has 1 aromatic rings. The molecule has 0 bridgehead atoms. The summed E-state index contributed by atoms with van der Waals surface area (Å²) in [6.45, 7) is 4.42. The molecule has 0 fully saturated rings. The van der Waals surface area contributed by atoms with E-state index < -0.39 is 0 Å². The summed E-state index contributed by atoms with van der Waals surface area (Å²) in [7, 11) is 1.75. The van der Waals surface area contributed by atoms with Crippen LogP contribution in [0.5, 0.6) is 5.75 Å². The highest BCUT2D eigenvalue weighted by atomic mass is 16.5. The van der Waals surface area contributed by atoms with Crippen molar-refractivity contribution in [3.05, 3.63) is 29.3 Å². The van der Waals surface area contributed by atoms with Crippen molar-refractivity contribution < 1.29 is 4.74 Å². The molecule has 1 rings (SSSR count). The average Bonchev–Trinajstić information content (AvgIpc) is 2.25. The van der Waals surface area contributed by atoms with Gasteiger partial charge < -0.3 is 4.74 Å². The number of ether oxygens (including phenoxy) is 1. The first kappa shape index (κ1) is 11.1. The maximum atomic E-state index is 5.38. The van der Waals surface area contributed by atoms with Crippen LogP contribution in [0.2, 0.25) is 0 Å². The molecule has 0 radical (unpaired) electrons. The van der Waals surface area contributed by atoms with Crippen molar-refractivity contribution in [3.8, 4) is 5.75 Å². The van der Waals surface area contributed by atoms with Crippen LogP contribution in [-0.2, 0) is 12.8 Å². The summed E-state index contributed by atoms with van der Waals surface area (Å²) < 4.78 is 5.38. The van der Waals surface area contributed by atoms with Gasteiger partial charge in [0.05, 0.1) is 7.11 Å². The number of aryl methyl sites for hydroxylation is 1. The molecule has 14 heavy (non-hydrogen) atoms. The normalized spacial score (nSPS) is 10.2. The lowest BCUT2D eigenvalue weighted by molar-refractivity contribution is 0.408. The van der Waals surface area contributed by atoms with Gasteiger partial charge in [-0.2, -0.15) is 0 Å². The van der Waals surface area contributed by atoms with Crippen molar-refractivity contribution in [3.63, 3.8) is 0 Å². The van der Waals surface area contributed by atoms with Crippen LogP contribution in [0.15, 0.2) is 18.2 Å². The third-order valence-electron chi connectivity index (χ3n) is 2.61. The Morgan fingerprint density at radius 2 is 2.00 bits per heavy atom. The molecule has 0 saturated heterocycles. The molecule has 0 aromatic heterocycles. The number of hydrogen-bond donors (Lipinski definition) is 0. The van der Waals surface area contributed by atoms with E-state index in [-0.39, 0.29) is 0 Å². The van der Waals surface area contributed by atoms with Crippen molar-refractivity contribution in [2.75, 3.05) is 7.11 Å². The standard InChI is InChI=1S/C13H20O/c1-4-6-9-12-11(5-2)8-7-10-13(12)14-3/h7-8,10H,4-6,9H2,1-3H3. The first-order valence-corrected chi connectivity index (χ1v) is 5.48. The quantitative estimate of drug-likeness (QED) is 0.692. The maximum Gasteiger partial charge on any atom is 0.122 e. The topological polar surface area (TPSA) is 9.23 Å². The predicted molar refractivity (Wildman–Crippen MR) is 61.0 cm³/mol. The molecule has 0 aliphatic carbocycles. The number of hydrogen-bond acceptors (Lipinski definition) is 1. The lowest BCUT2D eigenvalue weighted by Crippen LogP contribution is -1.97. The molecule has 0 saturated carbocycles. The van der Waals surface area contributed by atoms with Gasteiger partial charge in [-0.15, -0.1) is 0 Å². The Bertz CT molecular complexity index is 256. The van der Waals surface area contributed by atoms with Crippen molar-refractivity contribution >= 4 is 0 Å². The van der Waals surface area contributed by atoms with Crippen LogP contribution in [0, 0.1) is 0 Å². The van der Waals surface area contributed by atoms with Gasteiger partial charge in [0.1, 0.15) is 5.75 Å². The molecule has 0 aliphatic rings. The molecule has 1 heteroatoms. The van der Waals surface area contributed by atoms with Crippen molar-refractivity contribution in [1.82, 2.24) is 0 Å². The molecule has 1 aromatic carbocycles. The Hall–Kier alpha value is -0.980. The van der Waals surface area contributed by atoms with Gasteiger partial charge in [-0.3, -0.25) is 0 Å². The van der Waals surface area contributed by atoms with Crippen LogP contribution < -0.4 is 4.74 Å². The van der Waals surface area contributed by atoms with Gasteiger partial charge >= 0.3 is 0 Å². The van der Waals surface area contributed by atoms with E-state index in [0.717, 1.165) is 18.6 Å². The van der Waals surface area contributed by atoms with Gasteiger partial charge in [-0.1, -0.05) is 32.4 Å². The third-order valence-corrected chi connectivity index (χ3v) is 2.61. The number of benzene rings is 1. The van der Waals surface area contributed by atoms with Crippen LogP contribution in [0.3, 0.4) is 0 Å². The minimum Gasteiger partial charge on any atom is -0.496 e. The van der Waals surface area contributed by atoms with Gasteiger partial charge in [-0.25, -0.2) is 0 Å². The Morgan fingerprint density at radius 3 is 2.57 bits per heavy atom. The minimum absolute atomic E-state index is 1.05. The number of methoxy groups -OCH3 is 1. The van der Waals surface area contributed by atoms with Crippen LogP contribution in [0.4, 0.5) is 0 Å². The van der Waals surface area contributed by atoms with E-state index in [1.807, 2.05) is 0 Å². The molecule has 0 heterocycles. The first-order chi connectivity index (χ1) is 6.83. The molecule has 1 nitrogen and oxygen atoms in total. The second-order valence-corrected chi connectivity index (χ2v) is 3.56. The largest absolute Gasteiger partial charge is 0.496 e. The van der Waals surface area contributed by atoms with E-state index in [1.54, 1.807) is 7.11 Å². The average molecular weight is 192 g/mol. The molecular weight excluding hydrogens is 172 g/mol. The molecule has 0 spiro atoms. The number of rotatable bonds is 5. The van der Waals surface area contributed by atoms with Crippen LogP contribution in [0.1, 0.15) is 37.8 Å². The smallest absolute Gasteiger partial charge is 0.122 e. The molecule has 78 valence electrons. The van der Waals surface area contributed by atoms with Crippen molar-refractivity contribution in [1.29, 1.82) is 0 Å². The van der Waals surface area contributed by atoms with Gasteiger partial charge in [0.15, 0.2) is 0 Å².